The molecule has 0 unspecified atom stereocenters. The van der Waals surface area contributed by atoms with Gasteiger partial charge in [0.1, 0.15) is 18.1 Å². The van der Waals surface area contributed by atoms with Crippen LogP contribution < -0.4 is 14.2 Å². The van der Waals surface area contributed by atoms with E-state index in [-0.39, 0.29) is 6.79 Å². The molecule has 1 aliphatic rings. The standard InChI is InChI=1S/C20H13IN2O5/c21-13-2-4-14(5-3-13)24-10-15-6-8-17(27-15)20-23-22-19(28-20)12-1-7-16-18(9-12)26-11-25-16/h1-9H,10-11H2. The zero-order chi connectivity index (χ0) is 18.9. The Bertz CT molecular complexity index is 1120. The van der Waals surface area contributed by atoms with Crippen LogP contribution in [-0.4, -0.2) is 17.0 Å². The highest BCUT2D eigenvalue weighted by atomic mass is 127. The number of hydrogen-bond acceptors (Lipinski definition) is 7. The van der Waals surface area contributed by atoms with Gasteiger partial charge in [-0.3, -0.25) is 0 Å². The summed E-state index contributed by atoms with van der Waals surface area (Å²) in [4.78, 5) is 0. The van der Waals surface area contributed by atoms with Crippen LogP contribution in [0.3, 0.4) is 0 Å². The lowest BCUT2D eigenvalue weighted by Crippen LogP contribution is -1.93. The van der Waals surface area contributed by atoms with Crippen LogP contribution in [-0.2, 0) is 6.61 Å². The fraction of sp³-hybridized carbons (Fsp3) is 0.100. The van der Waals surface area contributed by atoms with E-state index in [1.54, 1.807) is 6.07 Å². The van der Waals surface area contributed by atoms with E-state index in [4.69, 9.17) is 23.0 Å². The van der Waals surface area contributed by atoms with Crippen molar-refractivity contribution in [3.05, 3.63) is 63.9 Å². The third-order valence-corrected chi connectivity index (χ3v) is 4.83. The molecule has 5 rings (SSSR count). The van der Waals surface area contributed by atoms with E-state index in [9.17, 15) is 0 Å². The third-order valence-electron chi connectivity index (χ3n) is 4.11. The summed E-state index contributed by atoms with van der Waals surface area (Å²) in [6, 6.07) is 16.9. The van der Waals surface area contributed by atoms with Crippen molar-refractivity contribution in [2.45, 2.75) is 6.61 Å². The Labute approximate surface area is 173 Å². The molecule has 0 bridgehead atoms. The number of halogens is 1. The van der Waals surface area contributed by atoms with Crippen molar-refractivity contribution in [2.75, 3.05) is 6.79 Å². The molecule has 0 fully saturated rings. The first-order chi connectivity index (χ1) is 13.7. The molecule has 8 heteroatoms. The van der Waals surface area contributed by atoms with Gasteiger partial charge in [0.2, 0.25) is 12.7 Å². The topological polar surface area (TPSA) is 79.8 Å². The SMILES string of the molecule is Ic1ccc(OCc2ccc(-c3nnc(-c4ccc5c(c4)OCO5)o3)o2)cc1. The van der Waals surface area contributed by atoms with Crippen LogP contribution in [0.4, 0.5) is 0 Å². The molecular weight excluding hydrogens is 475 g/mol. The third kappa shape index (κ3) is 3.42. The quantitative estimate of drug-likeness (QED) is 0.370. The minimum Gasteiger partial charge on any atom is -0.486 e. The molecule has 4 aromatic rings. The molecule has 0 saturated heterocycles. The fourth-order valence-corrected chi connectivity index (χ4v) is 3.08. The van der Waals surface area contributed by atoms with Crippen LogP contribution in [0.2, 0.25) is 0 Å². The van der Waals surface area contributed by atoms with Crippen molar-refractivity contribution < 1.29 is 23.0 Å². The lowest BCUT2D eigenvalue weighted by molar-refractivity contribution is 0.174. The number of furan rings is 1. The summed E-state index contributed by atoms with van der Waals surface area (Å²) in [6.45, 7) is 0.525. The number of benzene rings is 2. The molecule has 0 aliphatic carbocycles. The molecule has 0 saturated carbocycles. The summed E-state index contributed by atoms with van der Waals surface area (Å²) in [5, 5.41) is 8.17. The first kappa shape index (κ1) is 17.1. The minimum atomic E-state index is 0.216. The summed E-state index contributed by atoms with van der Waals surface area (Å²) < 4.78 is 29.1. The molecule has 140 valence electrons. The molecule has 2 aromatic carbocycles. The lowest BCUT2D eigenvalue weighted by Gasteiger charge is -2.03. The normalized spacial score (nSPS) is 12.3. The number of nitrogens with zero attached hydrogens (tertiary/aromatic N) is 2. The highest BCUT2D eigenvalue weighted by Crippen LogP contribution is 2.36. The van der Waals surface area contributed by atoms with E-state index in [1.165, 1.54) is 0 Å². The molecule has 3 heterocycles. The average Bonchev–Trinajstić information content (AvgIpc) is 3.46. The Balaban J connectivity index is 1.30. The number of fused-ring (bicyclic) bond motifs is 1. The number of hydrogen-bond donors (Lipinski definition) is 0. The molecule has 0 N–H and O–H groups in total. The van der Waals surface area contributed by atoms with E-state index < -0.39 is 0 Å². The van der Waals surface area contributed by atoms with E-state index in [2.05, 4.69) is 32.8 Å². The van der Waals surface area contributed by atoms with Gasteiger partial charge in [-0.2, -0.15) is 0 Å². The van der Waals surface area contributed by atoms with E-state index >= 15 is 0 Å². The second-order valence-electron chi connectivity index (χ2n) is 5.99. The van der Waals surface area contributed by atoms with Gasteiger partial charge < -0.3 is 23.0 Å². The van der Waals surface area contributed by atoms with Gasteiger partial charge in [-0.15, -0.1) is 10.2 Å². The van der Waals surface area contributed by atoms with Crippen LogP contribution in [0.1, 0.15) is 5.76 Å². The van der Waals surface area contributed by atoms with Crippen LogP contribution in [0, 0.1) is 3.57 Å². The largest absolute Gasteiger partial charge is 0.486 e. The Hall–Kier alpha value is -3.01. The molecule has 0 amide bonds. The van der Waals surface area contributed by atoms with Gasteiger partial charge >= 0.3 is 0 Å². The summed E-state index contributed by atoms with van der Waals surface area (Å²) in [6.07, 6.45) is 0. The second-order valence-corrected chi connectivity index (χ2v) is 7.23. The predicted molar refractivity (Wildman–Crippen MR) is 107 cm³/mol. The summed E-state index contributed by atoms with van der Waals surface area (Å²) in [7, 11) is 0. The van der Waals surface area contributed by atoms with Crippen molar-refractivity contribution in [3.8, 4) is 40.4 Å². The molecular formula is C20H13IN2O5. The Kier molecular flexibility index (Phi) is 4.40. The van der Waals surface area contributed by atoms with Crippen LogP contribution in [0.25, 0.3) is 23.1 Å². The van der Waals surface area contributed by atoms with Gasteiger partial charge in [-0.05, 0) is 77.2 Å². The highest BCUT2D eigenvalue weighted by Gasteiger charge is 2.18. The molecule has 0 spiro atoms. The zero-order valence-corrected chi connectivity index (χ0v) is 16.6. The van der Waals surface area contributed by atoms with Gasteiger partial charge in [-0.25, -0.2) is 0 Å². The first-order valence-corrected chi connectivity index (χ1v) is 9.53. The maximum Gasteiger partial charge on any atom is 0.283 e. The monoisotopic (exact) mass is 488 g/mol. The van der Waals surface area contributed by atoms with Gasteiger partial charge in [-0.1, -0.05) is 0 Å². The Morgan fingerprint density at radius 1 is 0.857 bits per heavy atom. The maximum absolute atomic E-state index is 5.77. The Morgan fingerprint density at radius 2 is 1.68 bits per heavy atom. The summed E-state index contributed by atoms with van der Waals surface area (Å²) >= 11 is 2.25. The number of ether oxygens (including phenoxy) is 3. The maximum atomic E-state index is 5.77. The van der Waals surface area contributed by atoms with Gasteiger partial charge in [0.25, 0.3) is 5.89 Å². The van der Waals surface area contributed by atoms with Crippen molar-refractivity contribution in [1.29, 1.82) is 0 Å². The van der Waals surface area contributed by atoms with Gasteiger partial charge in [0.15, 0.2) is 17.3 Å². The average molecular weight is 488 g/mol. The van der Waals surface area contributed by atoms with E-state index in [0.29, 0.717) is 41.4 Å². The molecule has 28 heavy (non-hydrogen) atoms. The minimum absolute atomic E-state index is 0.216. The van der Waals surface area contributed by atoms with Crippen LogP contribution in [0.5, 0.6) is 17.2 Å². The summed E-state index contributed by atoms with van der Waals surface area (Å²) in [5.74, 6) is 3.96. The molecule has 0 radical (unpaired) electrons. The van der Waals surface area contributed by atoms with Gasteiger partial charge in [0.05, 0.1) is 0 Å². The predicted octanol–water partition coefficient (Wildman–Crippen LogP) is 4.91. The molecule has 0 atom stereocenters. The number of rotatable bonds is 5. The molecule has 7 nitrogen and oxygen atoms in total. The van der Waals surface area contributed by atoms with Crippen molar-refractivity contribution in [1.82, 2.24) is 10.2 Å². The van der Waals surface area contributed by atoms with Crippen molar-refractivity contribution in [3.63, 3.8) is 0 Å². The number of aromatic nitrogens is 2. The molecule has 1 aliphatic heterocycles. The molecule has 2 aromatic heterocycles. The van der Waals surface area contributed by atoms with E-state index in [1.807, 2.05) is 48.5 Å². The van der Waals surface area contributed by atoms with E-state index in [0.717, 1.165) is 14.9 Å². The lowest BCUT2D eigenvalue weighted by atomic mass is 10.2. The Morgan fingerprint density at radius 3 is 2.57 bits per heavy atom. The van der Waals surface area contributed by atoms with Crippen molar-refractivity contribution >= 4 is 22.6 Å². The van der Waals surface area contributed by atoms with Crippen LogP contribution in [0.15, 0.2) is 63.4 Å². The zero-order valence-electron chi connectivity index (χ0n) is 14.4. The highest BCUT2D eigenvalue weighted by molar-refractivity contribution is 14.1. The first-order valence-electron chi connectivity index (χ1n) is 8.45. The second kappa shape index (κ2) is 7.19. The smallest absolute Gasteiger partial charge is 0.283 e. The summed E-state index contributed by atoms with van der Waals surface area (Å²) in [5.41, 5.74) is 0.747. The fourth-order valence-electron chi connectivity index (χ4n) is 2.72. The van der Waals surface area contributed by atoms with Gasteiger partial charge in [0, 0.05) is 9.13 Å². The van der Waals surface area contributed by atoms with Crippen LogP contribution >= 0.6 is 22.6 Å². The van der Waals surface area contributed by atoms with Crippen molar-refractivity contribution in [2.24, 2.45) is 0 Å².